The molecule has 1 aliphatic rings. The van der Waals surface area contributed by atoms with Crippen LogP contribution in [0.25, 0.3) is 0 Å². The van der Waals surface area contributed by atoms with Crippen molar-refractivity contribution in [3.05, 3.63) is 21.6 Å². The van der Waals surface area contributed by atoms with Gasteiger partial charge >= 0.3 is 0 Å². The molecule has 7 heteroatoms. The summed E-state index contributed by atoms with van der Waals surface area (Å²) in [6.07, 6.45) is 4.98. The Kier molecular flexibility index (Phi) is 5.01. The Hall–Kier alpha value is -1.11. The highest BCUT2D eigenvalue weighted by Gasteiger charge is 2.25. The Morgan fingerprint density at radius 2 is 2.10 bits per heavy atom. The van der Waals surface area contributed by atoms with E-state index in [0.29, 0.717) is 17.8 Å². The predicted octanol–water partition coefficient (Wildman–Crippen LogP) is 1.48. The molecule has 2 rings (SSSR count). The van der Waals surface area contributed by atoms with E-state index >= 15 is 0 Å². The van der Waals surface area contributed by atoms with E-state index in [1.807, 2.05) is 0 Å². The van der Waals surface area contributed by atoms with Crippen LogP contribution in [-0.4, -0.2) is 38.6 Å². The van der Waals surface area contributed by atoms with Gasteiger partial charge in [0.15, 0.2) is 0 Å². The number of nitrogens with zero attached hydrogens (tertiary/aromatic N) is 3. The van der Waals surface area contributed by atoms with Gasteiger partial charge in [-0.3, -0.25) is 4.79 Å². The van der Waals surface area contributed by atoms with Gasteiger partial charge in [-0.15, -0.1) is 0 Å². The summed E-state index contributed by atoms with van der Waals surface area (Å²) >= 11 is 6.10. The summed E-state index contributed by atoms with van der Waals surface area (Å²) in [6, 6.07) is 0.768. The van der Waals surface area contributed by atoms with Crippen LogP contribution in [0.1, 0.15) is 33.1 Å². The van der Waals surface area contributed by atoms with E-state index < -0.39 is 0 Å². The van der Waals surface area contributed by atoms with Crippen LogP contribution in [0, 0.1) is 0 Å². The van der Waals surface area contributed by atoms with E-state index in [0.717, 1.165) is 17.5 Å². The van der Waals surface area contributed by atoms with Gasteiger partial charge in [0.2, 0.25) is 0 Å². The summed E-state index contributed by atoms with van der Waals surface area (Å²) < 4.78 is 1.16. The van der Waals surface area contributed by atoms with Crippen LogP contribution in [0.5, 0.6) is 0 Å². The minimum absolute atomic E-state index is 0.110. The number of aliphatic hydroxyl groups is 1. The van der Waals surface area contributed by atoms with Crippen molar-refractivity contribution >= 4 is 17.3 Å². The van der Waals surface area contributed by atoms with Crippen molar-refractivity contribution in [1.82, 2.24) is 14.8 Å². The standard InChI is InChI=1S/C13H21ClN4O2/c1-9-4-3-5-10(2)18(9)16-11-8-15-17(6-7-19)13(20)12(11)14/h8-10,16,19H,3-7H2,1-2H3. The number of aromatic nitrogens is 2. The third-order valence-electron chi connectivity index (χ3n) is 3.74. The minimum Gasteiger partial charge on any atom is -0.394 e. The monoisotopic (exact) mass is 300 g/mol. The van der Waals surface area contributed by atoms with Gasteiger partial charge in [0.1, 0.15) is 5.02 Å². The maximum absolute atomic E-state index is 12.0. The molecular formula is C13H21ClN4O2. The first kappa shape index (κ1) is 15.3. The molecule has 1 aliphatic heterocycles. The fourth-order valence-corrected chi connectivity index (χ4v) is 2.77. The third-order valence-corrected chi connectivity index (χ3v) is 4.11. The van der Waals surface area contributed by atoms with Crippen LogP contribution in [-0.2, 0) is 6.54 Å². The highest BCUT2D eigenvalue weighted by Crippen LogP contribution is 2.25. The quantitative estimate of drug-likeness (QED) is 0.881. The maximum atomic E-state index is 12.0. The molecule has 0 radical (unpaired) electrons. The van der Waals surface area contributed by atoms with Gasteiger partial charge in [0.25, 0.3) is 5.56 Å². The lowest BCUT2D eigenvalue weighted by molar-refractivity contribution is 0.135. The molecular weight excluding hydrogens is 280 g/mol. The average molecular weight is 301 g/mol. The number of hydrogen-bond donors (Lipinski definition) is 2. The number of halogens is 1. The molecule has 2 N–H and O–H groups in total. The average Bonchev–Trinajstić information content (AvgIpc) is 2.42. The third kappa shape index (κ3) is 3.13. The molecule has 0 amide bonds. The fourth-order valence-electron chi connectivity index (χ4n) is 2.58. The number of hydrogen-bond acceptors (Lipinski definition) is 5. The van der Waals surface area contributed by atoms with Gasteiger partial charge in [0, 0.05) is 12.1 Å². The van der Waals surface area contributed by atoms with E-state index in [1.165, 1.54) is 12.6 Å². The lowest BCUT2D eigenvalue weighted by Crippen LogP contribution is -2.47. The lowest BCUT2D eigenvalue weighted by Gasteiger charge is -2.39. The van der Waals surface area contributed by atoms with Crippen molar-refractivity contribution in [2.45, 2.75) is 51.7 Å². The number of piperidine rings is 1. The van der Waals surface area contributed by atoms with Gasteiger partial charge in [-0.2, -0.15) is 5.10 Å². The summed E-state index contributed by atoms with van der Waals surface area (Å²) in [7, 11) is 0. The van der Waals surface area contributed by atoms with Gasteiger partial charge in [0.05, 0.1) is 25.0 Å². The van der Waals surface area contributed by atoms with Gasteiger partial charge in [-0.25, -0.2) is 9.69 Å². The SMILES string of the molecule is CC1CCCC(C)N1Nc1cnn(CCO)c(=O)c1Cl. The molecule has 2 heterocycles. The Morgan fingerprint density at radius 1 is 1.45 bits per heavy atom. The van der Waals surface area contributed by atoms with E-state index in [9.17, 15) is 4.79 Å². The summed E-state index contributed by atoms with van der Waals surface area (Å²) in [4.78, 5) is 12.0. The first-order valence-corrected chi connectivity index (χ1v) is 7.34. The van der Waals surface area contributed by atoms with E-state index in [1.54, 1.807) is 0 Å². The smallest absolute Gasteiger partial charge is 0.287 e. The molecule has 6 nitrogen and oxygen atoms in total. The molecule has 0 saturated carbocycles. The van der Waals surface area contributed by atoms with Crippen LogP contribution < -0.4 is 11.0 Å². The number of aliphatic hydroxyl groups excluding tert-OH is 1. The van der Waals surface area contributed by atoms with Gasteiger partial charge in [-0.05, 0) is 26.7 Å². The van der Waals surface area contributed by atoms with Crippen LogP contribution in [0.4, 0.5) is 5.69 Å². The summed E-state index contributed by atoms with van der Waals surface area (Å²) in [5, 5.41) is 15.1. The topological polar surface area (TPSA) is 70.4 Å². The molecule has 20 heavy (non-hydrogen) atoms. The minimum atomic E-state index is -0.386. The van der Waals surface area contributed by atoms with Crippen molar-refractivity contribution in [1.29, 1.82) is 0 Å². The number of rotatable bonds is 4. The second-order valence-electron chi connectivity index (χ2n) is 5.27. The molecule has 0 aliphatic carbocycles. The van der Waals surface area contributed by atoms with Crippen LogP contribution in [0.2, 0.25) is 5.02 Å². The predicted molar refractivity (Wildman–Crippen MR) is 78.8 cm³/mol. The van der Waals surface area contributed by atoms with E-state index in [4.69, 9.17) is 16.7 Å². The fraction of sp³-hybridized carbons (Fsp3) is 0.692. The Bertz CT molecular complexity index is 510. The zero-order chi connectivity index (χ0) is 14.7. The number of nitrogens with one attached hydrogen (secondary N) is 1. The molecule has 2 unspecified atom stereocenters. The molecule has 2 atom stereocenters. The highest BCUT2D eigenvalue weighted by molar-refractivity contribution is 6.32. The molecule has 0 aromatic carbocycles. The van der Waals surface area contributed by atoms with Crippen LogP contribution in [0.15, 0.2) is 11.0 Å². The van der Waals surface area contributed by atoms with Gasteiger partial charge < -0.3 is 10.5 Å². The zero-order valence-electron chi connectivity index (χ0n) is 11.8. The molecule has 0 bridgehead atoms. The number of anilines is 1. The Labute approximate surface area is 123 Å². The highest BCUT2D eigenvalue weighted by atomic mass is 35.5. The van der Waals surface area contributed by atoms with Crippen molar-refractivity contribution in [3.63, 3.8) is 0 Å². The molecule has 112 valence electrons. The van der Waals surface area contributed by atoms with Crippen molar-refractivity contribution < 1.29 is 5.11 Å². The van der Waals surface area contributed by atoms with Crippen molar-refractivity contribution in [2.24, 2.45) is 0 Å². The van der Waals surface area contributed by atoms with Crippen molar-refractivity contribution in [2.75, 3.05) is 12.0 Å². The summed E-state index contributed by atoms with van der Waals surface area (Å²) in [6.45, 7) is 4.31. The molecule has 1 aromatic rings. The lowest BCUT2D eigenvalue weighted by atomic mass is 10.00. The summed E-state index contributed by atoms with van der Waals surface area (Å²) in [5.41, 5.74) is 3.36. The molecule has 1 aromatic heterocycles. The Morgan fingerprint density at radius 3 is 2.70 bits per heavy atom. The second kappa shape index (κ2) is 6.56. The van der Waals surface area contributed by atoms with Crippen LogP contribution >= 0.6 is 11.6 Å². The second-order valence-corrected chi connectivity index (χ2v) is 5.65. The van der Waals surface area contributed by atoms with E-state index in [2.05, 4.69) is 29.4 Å². The van der Waals surface area contributed by atoms with Crippen molar-refractivity contribution in [3.8, 4) is 0 Å². The number of hydrazine groups is 1. The molecule has 0 spiro atoms. The first-order valence-electron chi connectivity index (χ1n) is 6.96. The normalized spacial score (nSPS) is 23.8. The largest absolute Gasteiger partial charge is 0.394 e. The van der Waals surface area contributed by atoms with Crippen LogP contribution in [0.3, 0.4) is 0 Å². The molecule has 1 saturated heterocycles. The first-order chi connectivity index (χ1) is 9.54. The van der Waals surface area contributed by atoms with Gasteiger partial charge in [-0.1, -0.05) is 18.0 Å². The Balaban J connectivity index is 2.21. The summed E-state index contributed by atoms with van der Waals surface area (Å²) in [5.74, 6) is 0. The maximum Gasteiger partial charge on any atom is 0.287 e. The molecule has 1 fully saturated rings. The zero-order valence-corrected chi connectivity index (χ0v) is 12.6. The van der Waals surface area contributed by atoms with E-state index in [-0.39, 0.29) is 23.7 Å².